The first-order chi connectivity index (χ1) is 17.0. The second-order valence-electron chi connectivity index (χ2n) is 6.93. The lowest BCUT2D eigenvalue weighted by Gasteiger charge is -2.19. The van der Waals surface area contributed by atoms with Crippen LogP contribution >= 0.6 is 31.3 Å². The summed E-state index contributed by atoms with van der Waals surface area (Å²) in [6.45, 7) is -3.61. The Morgan fingerprint density at radius 1 is 0.595 bits per heavy atom. The molecule has 7 N–H and O–H groups in total. The highest BCUT2D eigenvalue weighted by molar-refractivity contribution is 7.48. The number of nitrogens with one attached hydrogen (secondary N) is 2. The Bertz CT molecular complexity index is 822. The fraction of sp³-hybridized carbons (Fsp3) is 1.00. The zero-order chi connectivity index (χ0) is 28.6. The van der Waals surface area contributed by atoms with E-state index in [-0.39, 0.29) is 13.2 Å². The van der Waals surface area contributed by atoms with E-state index >= 15 is 0 Å². The maximum absolute atomic E-state index is 12.3. The van der Waals surface area contributed by atoms with E-state index < -0.39 is 89.3 Å². The number of halogens is 2. The molecule has 0 radical (unpaired) electrons. The van der Waals surface area contributed by atoms with Crippen LogP contribution in [0.3, 0.4) is 0 Å². The van der Waals surface area contributed by atoms with Gasteiger partial charge in [-0.25, -0.2) is 18.3 Å². The second kappa shape index (κ2) is 18.5. The van der Waals surface area contributed by atoms with Crippen LogP contribution in [0.25, 0.3) is 0 Å². The largest absolute Gasteiger partial charge is 0.472 e. The molecular weight excluding hydrogens is 602 g/mol. The van der Waals surface area contributed by atoms with E-state index in [9.17, 15) is 41.9 Å². The summed E-state index contributed by atoms with van der Waals surface area (Å²) in [5.74, 6) is -1.51. The van der Waals surface area contributed by atoms with Crippen molar-refractivity contribution in [3.63, 3.8) is 0 Å². The van der Waals surface area contributed by atoms with E-state index in [4.69, 9.17) is 9.79 Å². The number of rotatable bonds is 24. The van der Waals surface area contributed by atoms with Crippen LogP contribution in [0.1, 0.15) is 13.3 Å². The van der Waals surface area contributed by atoms with Gasteiger partial charge in [0.05, 0.1) is 46.2 Å². The molecule has 0 aromatic heterocycles. The van der Waals surface area contributed by atoms with Crippen LogP contribution in [0, 0.1) is 11.8 Å². The van der Waals surface area contributed by atoms with Gasteiger partial charge in [-0.2, -0.15) is 11.1 Å². The third-order valence-corrected chi connectivity index (χ3v) is 7.39. The predicted octanol–water partition coefficient (Wildman–Crippen LogP) is 1.09. The van der Waals surface area contributed by atoms with Gasteiger partial charge in [-0.1, -0.05) is 6.92 Å². The van der Waals surface area contributed by atoms with Gasteiger partial charge in [-0.15, -0.1) is 8.96 Å². The Morgan fingerprint density at radius 3 is 1.27 bits per heavy atom. The van der Waals surface area contributed by atoms with Gasteiger partial charge in [0.15, 0.2) is 0 Å². The third kappa shape index (κ3) is 21.7. The summed E-state index contributed by atoms with van der Waals surface area (Å²) in [5, 5.41) is 0. The minimum Gasteiger partial charge on any atom is -0.303 e. The zero-order valence-electron chi connectivity index (χ0n) is 19.5. The molecule has 224 valence electrons. The molecule has 0 fully saturated rings. The first-order valence-electron chi connectivity index (χ1n) is 10.3. The van der Waals surface area contributed by atoms with Gasteiger partial charge in [-0.3, -0.25) is 31.7 Å². The van der Waals surface area contributed by atoms with E-state index in [1.807, 2.05) is 0 Å². The fourth-order valence-corrected chi connectivity index (χ4v) is 4.68. The van der Waals surface area contributed by atoms with Crippen molar-refractivity contribution in [2.24, 2.45) is 11.8 Å². The molecule has 18 nitrogen and oxygen atoms in total. The van der Waals surface area contributed by atoms with E-state index in [0.29, 0.717) is 6.42 Å². The minimum absolute atomic E-state index is 0.113. The minimum atomic E-state index is -4.88. The van der Waals surface area contributed by atoms with Gasteiger partial charge in [0.2, 0.25) is 0 Å². The average Bonchev–Trinajstić information content (AvgIpc) is 2.78. The quantitative estimate of drug-likeness (QED) is 0.0445. The molecular formula is C13H32F2N2O16P4. The smallest absolute Gasteiger partial charge is 0.303 e. The predicted molar refractivity (Wildman–Crippen MR) is 119 cm³/mol. The van der Waals surface area contributed by atoms with Crippen molar-refractivity contribution in [1.82, 2.24) is 11.1 Å². The van der Waals surface area contributed by atoms with Gasteiger partial charge in [-0.05, 0) is 12.3 Å². The number of phosphoric acid groups is 4. The van der Waals surface area contributed by atoms with Crippen LogP contribution in [0.4, 0.5) is 8.96 Å². The molecule has 0 saturated heterocycles. The maximum Gasteiger partial charge on any atom is 0.472 e. The van der Waals surface area contributed by atoms with E-state index in [1.54, 1.807) is 6.92 Å². The van der Waals surface area contributed by atoms with Crippen molar-refractivity contribution in [2.75, 3.05) is 59.3 Å². The second-order valence-corrected chi connectivity index (χ2v) is 12.5. The number of hydrogen-bond acceptors (Lipinski definition) is 13. The van der Waals surface area contributed by atoms with Crippen molar-refractivity contribution in [3.8, 4) is 0 Å². The van der Waals surface area contributed by atoms with Crippen molar-refractivity contribution in [3.05, 3.63) is 0 Å². The van der Waals surface area contributed by atoms with Crippen molar-refractivity contribution < 1.29 is 83.4 Å². The third-order valence-electron chi connectivity index (χ3n) is 3.92. The molecule has 0 saturated carbocycles. The summed E-state index contributed by atoms with van der Waals surface area (Å²) in [6, 6.07) is 0. The van der Waals surface area contributed by atoms with Crippen LogP contribution < -0.4 is 11.1 Å². The Labute approximate surface area is 210 Å². The molecule has 24 heteroatoms. The molecule has 0 aromatic rings. The Kier molecular flexibility index (Phi) is 18.7. The molecule has 0 bridgehead atoms. The monoisotopic (exact) mass is 634 g/mol. The van der Waals surface area contributed by atoms with E-state index in [0.717, 1.165) is 0 Å². The van der Waals surface area contributed by atoms with Crippen molar-refractivity contribution >= 4 is 31.3 Å². The lowest BCUT2D eigenvalue weighted by molar-refractivity contribution is 0.0744. The van der Waals surface area contributed by atoms with Crippen LogP contribution in [0.15, 0.2) is 0 Å². The number of hydrogen-bond donors (Lipinski definition) is 7. The standard InChI is InChI=1S/C13H32F2N2O16P4/c1-2-12(7-16-14)9-32-36(23,24)29-5-3-27-35(21,22)28-4-6-30-37(25,26)33-11-13(8-17-15)10-31-34(18,19)20/h12-13,16-17H,2-11H2,1H3,(H,21,22)(H,23,24)(H,25,26)(H2,18,19,20). The maximum atomic E-state index is 12.3. The average molecular weight is 634 g/mol. The van der Waals surface area contributed by atoms with Crippen LogP contribution in [0.5, 0.6) is 0 Å². The van der Waals surface area contributed by atoms with Gasteiger partial charge in [0, 0.05) is 19.0 Å². The lowest BCUT2D eigenvalue weighted by atomic mass is 10.1. The normalized spacial score (nSPS) is 19.0. The Hall–Kier alpha value is 0.220. The highest BCUT2D eigenvalue weighted by atomic mass is 31.2. The molecule has 5 unspecified atom stereocenters. The molecule has 0 heterocycles. The Morgan fingerprint density at radius 2 is 0.919 bits per heavy atom. The molecule has 0 spiro atoms. The first-order valence-corrected chi connectivity index (χ1v) is 16.3. The molecule has 0 rings (SSSR count). The summed E-state index contributed by atoms with van der Waals surface area (Å²) in [4.78, 5) is 45.8. The fourth-order valence-electron chi connectivity index (χ4n) is 2.03. The summed E-state index contributed by atoms with van der Waals surface area (Å²) < 4.78 is 102. The first kappa shape index (κ1) is 37.2. The van der Waals surface area contributed by atoms with Crippen molar-refractivity contribution in [1.29, 1.82) is 0 Å². The van der Waals surface area contributed by atoms with Crippen molar-refractivity contribution in [2.45, 2.75) is 13.3 Å². The molecule has 0 aliphatic rings. The molecule has 37 heavy (non-hydrogen) atoms. The highest BCUT2D eigenvalue weighted by Gasteiger charge is 2.28. The Balaban J connectivity index is 4.27. The summed E-state index contributed by atoms with van der Waals surface area (Å²) in [7, 11) is -19.0. The summed E-state index contributed by atoms with van der Waals surface area (Å²) in [5.41, 5.74) is 2.58. The summed E-state index contributed by atoms with van der Waals surface area (Å²) >= 11 is 0. The summed E-state index contributed by atoms with van der Waals surface area (Å²) in [6.07, 6.45) is 0.443. The molecule has 5 atom stereocenters. The van der Waals surface area contributed by atoms with Gasteiger partial charge in [0.1, 0.15) is 0 Å². The highest BCUT2D eigenvalue weighted by Crippen LogP contribution is 2.47. The van der Waals surface area contributed by atoms with Crippen LogP contribution in [0.2, 0.25) is 0 Å². The SMILES string of the molecule is CCC(CNF)COP(=O)(O)OCCOP(=O)(O)OCCOP(=O)(O)OCC(CNF)COP(=O)(O)O. The number of phosphoric ester groups is 4. The molecule has 0 aromatic carbocycles. The van der Waals surface area contributed by atoms with E-state index in [2.05, 4.69) is 31.7 Å². The molecule has 0 aliphatic carbocycles. The molecule has 0 amide bonds. The van der Waals surface area contributed by atoms with Gasteiger partial charge >= 0.3 is 31.3 Å². The van der Waals surface area contributed by atoms with Crippen LogP contribution in [-0.2, 0) is 49.9 Å². The zero-order valence-corrected chi connectivity index (χ0v) is 23.1. The molecule has 0 aliphatic heterocycles. The van der Waals surface area contributed by atoms with E-state index in [1.165, 1.54) is 11.1 Å². The van der Waals surface area contributed by atoms with Crippen LogP contribution in [-0.4, -0.2) is 83.8 Å². The van der Waals surface area contributed by atoms with Gasteiger partial charge < -0.3 is 24.5 Å². The topological polar surface area (TPSA) is 258 Å². The lowest BCUT2D eigenvalue weighted by Crippen LogP contribution is -2.25. The van der Waals surface area contributed by atoms with Gasteiger partial charge in [0.25, 0.3) is 0 Å².